The molecule has 5 heterocycles. The average molecular weight is 413 g/mol. The van der Waals surface area contributed by atoms with Gasteiger partial charge >= 0.3 is 0 Å². The molecule has 0 amide bonds. The van der Waals surface area contributed by atoms with Crippen LogP contribution in [0.3, 0.4) is 0 Å². The van der Waals surface area contributed by atoms with Gasteiger partial charge in [-0.05, 0) is 42.5 Å². The highest BCUT2D eigenvalue weighted by Crippen LogP contribution is 2.36. The number of para-hydroxylation sites is 1. The summed E-state index contributed by atoms with van der Waals surface area (Å²) >= 11 is 0. The van der Waals surface area contributed by atoms with Crippen LogP contribution in [0.25, 0.3) is 60.8 Å². The Morgan fingerprint density at radius 3 is 2.50 bits per heavy atom. The van der Waals surface area contributed by atoms with Gasteiger partial charge in [0.15, 0.2) is 5.58 Å². The van der Waals surface area contributed by atoms with Crippen molar-refractivity contribution in [2.24, 2.45) is 0 Å². The summed E-state index contributed by atoms with van der Waals surface area (Å²) < 4.78 is 8.49. The molecule has 7 aromatic rings. The fraction of sp³-hybridized carbons (Fsp3) is 0. The number of nitrogens with zero attached hydrogens (tertiary/aromatic N) is 5. The lowest BCUT2D eigenvalue weighted by Gasteiger charge is -2.07. The van der Waals surface area contributed by atoms with Crippen LogP contribution in [0.1, 0.15) is 0 Å². The summed E-state index contributed by atoms with van der Waals surface area (Å²) in [6, 6.07) is 20.6. The third kappa shape index (κ3) is 2.34. The van der Waals surface area contributed by atoms with E-state index in [4.69, 9.17) is 4.42 Å². The summed E-state index contributed by atoms with van der Waals surface area (Å²) in [4.78, 5) is 17.6. The molecule has 0 N–H and O–H groups in total. The van der Waals surface area contributed by atoms with Crippen molar-refractivity contribution in [1.29, 1.82) is 0 Å². The number of hydrogen-bond donors (Lipinski definition) is 0. The van der Waals surface area contributed by atoms with E-state index in [0.29, 0.717) is 0 Å². The minimum absolute atomic E-state index is 0.735. The van der Waals surface area contributed by atoms with E-state index in [1.807, 2.05) is 30.5 Å². The van der Waals surface area contributed by atoms with Crippen molar-refractivity contribution in [3.8, 4) is 16.8 Å². The molecule has 0 saturated carbocycles. The molecular weight excluding hydrogens is 398 g/mol. The van der Waals surface area contributed by atoms with Gasteiger partial charge in [-0.1, -0.05) is 18.2 Å². The highest BCUT2D eigenvalue weighted by atomic mass is 16.3. The maximum atomic E-state index is 6.25. The lowest BCUT2D eigenvalue weighted by Crippen LogP contribution is -1.93. The second-order valence-electron chi connectivity index (χ2n) is 7.67. The molecule has 0 aliphatic rings. The molecule has 0 unspecified atom stereocenters. The molecule has 6 nitrogen and oxygen atoms in total. The van der Waals surface area contributed by atoms with E-state index in [0.717, 1.165) is 60.8 Å². The summed E-state index contributed by atoms with van der Waals surface area (Å²) in [6.45, 7) is 0. The van der Waals surface area contributed by atoms with Gasteiger partial charge in [-0.15, -0.1) is 0 Å². The third-order valence-electron chi connectivity index (χ3n) is 5.89. The molecular formula is C26H15N5O. The quantitative estimate of drug-likeness (QED) is 0.351. The van der Waals surface area contributed by atoms with Gasteiger partial charge in [0.2, 0.25) is 0 Å². The monoisotopic (exact) mass is 413 g/mol. The molecule has 7 rings (SSSR count). The van der Waals surface area contributed by atoms with Crippen LogP contribution in [0, 0.1) is 0 Å². The molecule has 0 aliphatic carbocycles. The van der Waals surface area contributed by atoms with E-state index < -0.39 is 0 Å². The van der Waals surface area contributed by atoms with Crippen LogP contribution >= 0.6 is 0 Å². The van der Waals surface area contributed by atoms with Crippen LogP contribution in [-0.4, -0.2) is 24.5 Å². The molecule has 32 heavy (non-hydrogen) atoms. The van der Waals surface area contributed by atoms with E-state index in [1.54, 1.807) is 18.6 Å². The molecule has 150 valence electrons. The van der Waals surface area contributed by atoms with Crippen molar-refractivity contribution in [3.05, 3.63) is 91.8 Å². The second kappa shape index (κ2) is 6.46. The fourth-order valence-electron chi connectivity index (χ4n) is 4.51. The van der Waals surface area contributed by atoms with Crippen molar-refractivity contribution in [3.63, 3.8) is 0 Å². The maximum Gasteiger partial charge on any atom is 0.161 e. The number of benzene rings is 2. The zero-order valence-electron chi connectivity index (χ0n) is 16.8. The minimum atomic E-state index is 0.735. The summed E-state index contributed by atoms with van der Waals surface area (Å²) in [5.41, 5.74) is 8.38. The highest BCUT2D eigenvalue weighted by molar-refractivity contribution is 6.09. The summed E-state index contributed by atoms with van der Waals surface area (Å²) in [6.07, 6.45) is 8.73. The van der Waals surface area contributed by atoms with Crippen molar-refractivity contribution in [1.82, 2.24) is 24.5 Å². The molecule has 0 fully saturated rings. The largest absolute Gasteiger partial charge is 0.454 e. The van der Waals surface area contributed by atoms with Crippen LogP contribution in [-0.2, 0) is 0 Å². The van der Waals surface area contributed by atoms with E-state index in [9.17, 15) is 0 Å². The maximum absolute atomic E-state index is 6.25. The first-order valence-corrected chi connectivity index (χ1v) is 10.3. The van der Waals surface area contributed by atoms with Crippen LogP contribution in [0.2, 0.25) is 0 Å². The molecule has 0 bridgehead atoms. The number of fused-ring (bicyclic) bond motifs is 6. The Hall–Kier alpha value is -4.58. The zero-order valence-corrected chi connectivity index (χ0v) is 16.8. The first-order valence-electron chi connectivity index (χ1n) is 10.3. The van der Waals surface area contributed by atoms with Gasteiger partial charge < -0.3 is 8.98 Å². The Morgan fingerprint density at radius 2 is 1.56 bits per heavy atom. The summed E-state index contributed by atoms with van der Waals surface area (Å²) in [7, 11) is 0. The van der Waals surface area contributed by atoms with Crippen molar-refractivity contribution < 1.29 is 4.42 Å². The van der Waals surface area contributed by atoms with Gasteiger partial charge in [0.1, 0.15) is 17.4 Å². The first kappa shape index (κ1) is 17.1. The zero-order chi connectivity index (χ0) is 21.1. The van der Waals surface area contributed by atoms with E-state index in [2.05, 4.69) is 60.9 Å². The van der Waals surface area contributed by atoms with Gasteiger partial charge in [-0.25, -0.2) is 9.97 Å². The molecule has 0 spiro atoms. The minimum Gasteiger partial charge on any atom is -0.454 e. The van der Waals surface area contributed by atoms with Crippen LogP contribution in [0.4, 0.5) is 0 Å². The second-order valence-corrected chi connectivity index (χ2v) is 7.67. The third-order valence-corrected chi connectivity index (χ3v) is 5.89. The van der Waals surface area contributed by atoms with Gasteiger partial charge in [-0.2, -0.15) is 0 Å². The Bertz CT molecular complexity index is 1730. The van der Waals surface area contributed by atoms with E-state index >= 15 is 0 Å². The fourth-order valence-corrected chi connectivity index (χ4v) is 4.51. The smallest absolute Gasteiger partial charge is 0.161 e. The molecule has 2 aromatic carbocycles. The van der Waals surface area contributed by atoms with Crippen molar-refractivity contribution >= 4 is 44.0 Å². The van der Waals surface area contributed by atoms with Crippen molar-refractivity contribution in [2.75, 3.05) is 0 Å². The number of rotatable bonds is 2. The van der Waals surface area contributed by atoms with Crippen LogP contribution in [0.15, 0.2) is 96.2 Å². The number of aromatic nitrogens is 5. The van der Waals surface area contributed by atoms with Crippen LogP contribution < -0.4 is 0 Å². The predicted molar refractivity (Wildman–Crippen MR) is 125 cm³/mol. The molecule has 5 aromatic heterocycles. The topological polar surface area (TPSA) is 69.6 Å². The van der Waals surface area contributed by atoms with E-state index in [-0.39, 0.29) is 0 Å². The Morgan fingerprint density at radius 1 is 0.719 bits per heavy atom. The standard InChI is InChI=1S/C26H15N5O/c1-2-5-21-19(4-1)24-22(6-3-10-29-24)31(21)17-7-8-23-20(12-17)25-26(32-23)18(9-11-30-25)16-13-27-15-28-14-16/h1-15H. The number of furan rings is 1. The first-order chi connectivity index (χ1) is 15.9. The Labute approximate surface area is 181 Å². The van der Waals surface area contributed by atoms with Gasteiger partial charge in [0.05, 0.1) is 16.6 Å². The lowest BCUT2D eigenvalue weighted by molar-refractivity contribution is 0.669. The molecule has 6 heteroatoms. The normalized spacial score (nSPS) is 11.8. The van der Waals surface area contributed by atoms with E-state index in [1.165, 1.54) is 6.33 Å². The molecule has 0 aliphatic heterocycles. The SMILES string of the molecule is c1ccc2c(c1)c1ncccc1n2-c1ccc2oc3c(-c4cncnc4)ccnc3c2c1. The average Bonchev–Trinajstić information content (AvgIpc) is 3.40. The number of hydrogen-bond acceptors (Lipinski definition) is 5. The molecule has 0 radical (unpaired) electrons. The Kier molecular flexibility index (Phi) is 3.46. The number of pyridine rings is 2. The highest BCUT2D eigenvalue weighted by Gasteiger charge is 2.17. The molecule has 0 saturated heterocycles. The summed E-state index contributed by atoms with van der Waals surface area (Å²) in [5, 5.41) is 2.09. The predicted octanol–water partition coefficient (Wildman–Crippen LogP) is 5.93. The van der Waals surface area contributed by atoms with Crippen LogP contribution in [0.5, 0.6) is 0 Å². The van der Waals surface area contributed by atoms with Gasteiger partial charge in [0.25, 0.3) is 0 Å². The summed E-state index contributed by atoms with van der Waals surface area (Å²) in [5.74, 6) is 0. The molecule has 0 atom stereocenters. The van der Waals surface area contributed by atoms with Crippen molar-refractivity contribution in [2.45, 2.75) is 0 Å². The van der Waals surface area contributed by atoms with Gasteiger partial charge in [-0.3, -0.25) is 9.97 Å². The Balaban J connectivity index is 1.53. The lowest BCUT2D eigenvalue weighted by atomic mass is 10.1. The van der Waals surface area contributed by atoms with Gasteiger partial charge in [0, 0.05) is 52.4 Å².